The molecule has 2 atom stereocenters. The lowest BCUT2D eigenvalue weighted by Gasteiger charge is -2.30. The molecule has 1 fully saturated rings. The second-order valence-electron chi connectivity index (χ2n) is 5.49. The molecule has 0 aliphatic carbocycles. The minimum absolute atomic E-state index is 0.142. The van der Waals surface area contributed by atoms with Crippen molar-refractivity contribution in [3.05, 3.63) is 35.4 Å². The Kier molecular flexibility index (Phi) is 4.97. The summed E-state index contributed by atoms with van der Waals surface area (Å²) in [5.41, 5.74) is 2.41. The van der Waals surface area contributed by atoms with E-state index < -0.39 is 0 Å². The van der Waals surface area contributed by atoms with Gasteiger partial charge in [-0.2, -0.15) is 0 Å². The van der Waals surface area contributed by atoms with Crippen LogP contribution in [0.3, 0.4) is 0 Å². The van der Waals surface area contributed by atoms with Crippen molar-refractivity contribution in [2.45, 2.75) is 39.2 Å². The number of benzene rings is 1. The molecule has 2 unspecified atom stereocenters. The molecule has 1 saturated heterocycles. The van der Waals surface area contributed by atoms with E-state index in [-0.39, 0.29) is 5.91 Å². The quantitative estimate of drug-likeness (QED) is 0.868. The van der Waals surface area contributed by atoms with Gasteiger partial charge >= 0.3 is 0 Å². The zero-order valence-electron chi connectivity index (χ0n) is 11.9. The minimum atomic E-state index is 0.142. The Labute approximate surface area is 115 Å². The Morgan fingerprint density at radius 2 is 2.00 bits per heavy atom. The molecule has 104 valence electrons. The number of carbonyl (C=O) groups is 1. The van der Waals surface area contributed by atoms with Crippen LogP contribution in [0.2, 0.25) is 0 Å². The van der Waals surface area contributed by atoms with Crippen LogP contribution in [0.1, 0.15) is 31.4 Å². The van der Waals surface area contributed by atoms with Crippen LogP contribution >= 0.6 is 0 Å². The molecule has 1 aromatic carbocycles. The minimum Gasteiger partial charge on any atom is -0.353 e. The first-order valence-corrected chi connectivity index (χ1v) is 7.27. The van der Waals surface area contributed by atoms with Gasteiger partial charge in [0.2, 0.25) is 5.91 Å². The molecule has 1 aliphatic heterocycles. The Bertz CT molecular complexity index is 413. The Hall–Kier alpha value is -1.35. The summed E-state index contributed by atoms with van der Waals surface area (Å²) in [5, 5.41) is 6.52. The summed E-state index contributed by atoms with van der Waals surface area (Å²) < 4.78 is 0. The highest BCUT2D eigenvalue weighted by atomic mass is 16.1. The molecule has 0 radical (unpaired) electrons. The normalized spacial score (nSPS) is 23.1. The first kappa shape index (κ1) is 14.1. The van der Waals surface area contributed by atoms with Crippen molar-refractivity contribution in [2.24, 2.45) is 5.92 Å². The molecule has 2 rings (SSSR count). The fourth-order valence-electron chi connectivity index (χ4n) is 2.56. The molecule has 3 heteroatoms. The standard InChI is InChI=1S/C16H24N2O/c1-3-13-4-6-14(7-5-13)10-16(19)18-15-8-9-17-11-12(15)2/h4-7,12,15,17H,3,8-11H2,1-2H3,(H,18,19). The van der Waals surface area contributed by atoms with Gasteiger partial charge in [-0.15, -0.1) is 0 Å². The van der Waals surface area contributed by atoms with Crippen molar-refractivity contribution in [2.75, 3.05) is 13.1 Å². The Morgan fingerprint density at radius 3 is 2.63 bits per heavy atom. The lowest BCUT2D eigenvalue weighted by Crippen LogP contribution is -2.48. The van der Waals surface area contributed by atoms with Gasteiger partial charge in [-0.3, -0.25) is 4.79 Å². The molecule has 19 heavy (non-hydrogen) atoms. The fraction of sp³-hybridized carbons (Fsp3) is 0.562. The lowest BCUT2D eigenvalue weighted by molar-refractivity contribution is -0.121. The van der Waals surface area contributed by atoms with Gasteiger partial charge in [-0.05, 0) is 43.0 Å². The molecule has 3 nitrogen and oxygen atoms in total. The van der Waals surface area contributed by atoms with Gasteiger partial charge in [-0.1, -0.05) is 38.1 Å². The summed E-state index contributed by atoms with van der Waals surface area (Å²) in [4.78, 5) is 12.0. The Balaban J connectivity index is 1.86. The fourth-order valence-corrected chi connectivity index (χ4v) is 2.56. The number of hydrogen-bond donors (Lipinski definition) is 2. The first-order chi connectivity index (χ1) is 9.19. The van der Waals surface area contributed by atoms with E-state index in [9.17, 15) is 4.79 Å². The third-order valence-corrected chi connectivity index (χ3v) is 3.93. The highest BCUT2D eigenvalue weighted by Gasteiger charge is 2.22. The van der Waals surface area contributed by atoms with Crippen LogP contribution < -0.4 is 10.6 Å². The second kappa shape index (κ2) is 6.71. The molecule has 0 saturated carbocycles. The molecule has 1 amide bonds. The van der Waals surface area contributed by atoms with Gasteiger partial charge in [-0.25, -0.2) is 0 Å². The summed E-state index contributed by atoms with van der Waals surface area (Å²) in [6.07, 6.45) is 2.56. The predicted molar refractivity (Wildman–Crippen MR) is 78.1 cm³/mol. The third kappa shape index (κ3) is 4.06. The van der Waals surface area contributed by atoms with E-state index in [0.717, 1.165) is 31.5 Å². The number of rotatable bonds is 4. The third-order valence-electron chi connectivity index (χ3n) is 3.93. The molecule has 2 N–H and O–H groups in total. The van der Waals surface area contributed by atoms with Crippen LogP contribution in [0.5, 0.6) is 0 Å². The first-order valence-electron chi connectivity index (χ1n) is 7.27. The monoisotopic (exact) mass is 260 g/mol. The summed E-state index contributed by atoms with van der Waals surface area (Å²) in [5.74, 6) is 0.656. The number of piperidine rings is 1. The van der Waals surface area contributed by atoms with E-state index in [0.29, 0.717) is 18.4 Å². The number of carbonyl (C=O) groups excluding carboxylic acids is 1. The largest absolute Gasteiger partial charge is 0.353 e. The second-order valence-corrected chi connectivity index (χ2v) is 5.49. The van der Waals surface area contributed by atoms with E-state index in [4.69, 9.17) is 0 Å². The van der Waals surface area contributed by atoms with Gasteiger partial charge in [0, 0.05) is 6.04 Å². The van der Waals surface area contributed by atoms with Crippen LogP contribution in [-0.2, 0) is 17.6 Å². The molecule has 1 aliphatic rings. The van der Waals surface area contributed by atoms with Crippen molar-refractivity contribution < 1.29 is 4.79 Å². The van der Waals surface area contributed by atoms with Gasteiger partial charge in [0.05, 0.1) is 6.42 Å². The van der Waals surface area contributed by atoms with E-state index in [1.165, 1.54) is 5.56 Å². The molecule has 1 aromatic rings. The van der Waals surface area contributed by atoms with Crippen LogP contribution in [0, 0.1) is 5.92 Å². The SMILES string of the molecule is CCc1ccc(CC(=O)NC2CCNCC2C)cc1. The molecule has 0 aromatic heterocycles. The van der Waals surface area contributed by atoms with Crippen LogP contribution in [0.25, 0.3) is 0 Å². The topological polar surface area (TPSA) is 41.1 Å². The van der Waals surface area contributed by atoms with Crippen molar-refractivity contribution in [1.29, 1.82) is 0 Å². The molecule has 0 bridgehead atoms. The zero-order chi connectivity index (χ0) is 13.7. The van der Waals surface area contributed by atoms with Gasteiger partial charge in [0.1, 0.15) is 0 Å². The number of nitrogens with one attached hydrogen (secondary N) is 2. The van der Waals surface area contributed by atoms with Crippen molar-refractivity contribution in [3.63, 3.8) is 0 Å². The molecular weight excluding hydrogens is 236 g/mol. The molecule has 0 spiro atoms. The van der Waals surface area contributed by atoms with Gasteiger partial charge in [0.25, 0.3) is 0 Å². The molecular formula is C16H24N2O. The summed E-state index contributed by atoms with van der Waals surface area (Å²) in [6.45, 7) is 6.32. The van der Waals surface area contributed by atoms with E-state index in [1.807, 2.05) is 0 Å². The average Bonchev–Trinajstić information content (AvgIpc) is 2.42. The molecule has 1 heterocycles. The highest BCUT2D eigenvalue weighted by Crippen LogP contribution is 2.11. The number of amides is 1. The van der Waals surface area contributed by atoms with Crippen molar-refractivity contribution in [1.82, 2.24) is 10.6 Å². The average molecular weight is 260 g/mol. The maximum atomic E-state index is 12.0. The van der Waals surface area contributed by atoms with E-state index in [1.54, 1.807) is 0 Å². The van der Waals surface area contributed by atoms with Crippen LogP contribution in [0.4, 0.5) is 0 Å². The number of aryl methyl sites for hydroxylation is 1. The van der Waals surface area contributed by atoms with E-state index in [2.05, 4.69) is 48.7 Å². The maximum absolute atomic E-state index is 12.0. The van der Waals surface area contributed by atoms with Gasteiger partial charge < -0.3 is 10.6 Å². The highest BCUT2D eigenvalue weighted by molar-refractivity contribution is 5.78. The number of hydrogen-bond acceptors (Lipinski definition) is 2. The summed E-state index contributed by atoms with van der Waals surface area (Å²) in [7, 11) is 0. The van der Waals surface area contributed by atoms with Crippen molar-refractivity contribution in [3.8, 4) is 0 Å². The summed E-state index contributed by atoms with van der Waals surface area (Å²) in [6, 6.07) is 8.66. The van der Waals surface area contributed by atoms with Crippen molar-refractivity contribution >= 4 is 5.91 Å². The Morgan fingerprint density at radius 1 is 1.32 bits per heavy atom. The summed E-state index contributed by atoms with van der Waals surface area (Å²) >= 11 is 0. The maximum Gasteiger partial charge on any atom is 0.224 e. The van der Waals surface area contributed by atoms with Crippen LogP contribution in [0.15, 0.2) is 24.3 Å². The van der Waals surface area contributed by atoms with Gasteiger partial charge in [0.15, 0.2) is 0 Å². The smallest absolute Gasteiger partial charge is 0.224 e. The van der Waals surface area contributed by atoms with E-state index >= 15 is 0 Å². The predicted octanol–water partition coefficient (Wildman–Crippen LogP) is 1.91. The zero-order valence-corrected chi connectivity index (χ0v) is 11.9. The van der Waals surface area contributed by atoms with Crippen LogP contribution in [-0.4, -0.2) is 25.0 Å². The lowest BCUT2D eigenvalue weighted by atomic mass is 9.95.